The van der Waals surface area contributed by atoms with E-state index in [1.54, 1.807) is 0 Å². The number of nitrogens with zero attached hydrogens (tertiary/aromatic N) is 1. The van der Waals surface area contributed by atoms with Crippen molar-refractivity contribution in [2.75, 3.05) is 11.6 Å². The summed E-state index contributed by atoms with van der Waals surface area (Å²) in [6.45, 7) is 0.492. The maximum absolute atomic E-state index is 13.3. The van der Waals surface area contributed by atoms with Gasteiger partial charge in [-0.2, -0.15) is 0 Å². The van der Waals surface area contributed by atoms with Crippen LogP contribution >= 0.6 is 0 Å². The number of hydrazine groups is 1. The molecule has 1 N–H and O–H groups in total. The topological polar surface area (TPSA) is 32.3 Å². The molecule has 1 fully saturated rings. The second-order valence-corrected chi connectivity index (χ2v) is 3.39. The van der Waals surface area contributed by atoms with Gasteiger partial charge in [0.2, 0.25) is 5.91 Å². The smallest absolute Gasteiger partial charge is 0.238 e. The Kier molecular flexibility index (Phi) is 2.53. The molecular formula is C10H10F2N2O. The number of anilines is 1. The van der Waals surface area contributed by atoms with Crippen LogP contribution in [0.4, 0.5) is 14.5 Å². The first-order valence-electron chi connectivity index (χ1n) is 4.69. The fourth-order valence-corrected chi connectivity index (χ4v) is 1.53. The molecule has 5 heteroatoms. The van der Waals surface area contributed by atoms with E-state index in [0.717, 1.165) is 18.2 Å². The average Bonchev–Trinajstić information content (AvgIpc) is 2.22. The maximum Gasteiger partial charge on any atom is 0.238 e. The van der Waals surface area contributed by atoms with Crippen molar-refractivity contribution in [2.45, 2.75) is 12.8 Å². The first kappa shape index (κ1) is 9.89. The number of halogens is 2. The molecule has 0 saturated carbocycles. The Morgan fingerprint density at radius 3 is 2.87 bits per heavy atom. The summed E-state index contributed by atoms with van der Waals surface area (Å²) in [5, 5.41) is 1.34. The van der Waals surface area contributed by atoms with Gasteiger partial charge >= 0.3 is 0 Å². The van der Waals surface area contributed by atoms with Crippen molar-refractivity contribution in [3.05, 3.63) is 29.8 Å². The fourth-order valence-electron chi connectivity index (χ4n) is 1.53. The first-order chi connectivity index (χ1) is 7.16. The van der Waals surface area contributed by atoms with Crippen molar-refractivity contribution in [2.24, 2.45) is 0 Å². The van der Waals surface area contributed by atoms with Crippen molar-refractivity contribution >= 4 is 11.6 Å². The number of hydrogen-bond donors (Lipinski definition) is 1. The van der Waals surface area contributed by atoms with Crippen LogP contribution in [-0.2, 0) is 4.79 Å². The Balaban J connectivity index is 2.27. The zero-order valence-corrected chi connectivity index (χ0v) is 7.96. The first-order valence-corrected chi connectivity index (χ1v) is 4.69. The maximum atomic E-state index is 13.3. The molecule has 0 unspecified atom stereocenters. The van der Waals surface area contributed by atoms with Gasteiger partial charge in [0.15, 0.2) is 0 Å². The summed E-state index contributed by atoms with van der Waals surface area (Å²) in [6.07, 6.45) is 1.06. The zero-order valence-electron chi connectivity index (χ0n) is 7.96. The van der Waals surface area contributed by atoms with E-state index < -0.39 is 11.6 Å². The molecule has 1 aromatic carbocycles. The number of amides is 1. The fraction of sp³-hybridized carbons (Fsp3) is 0.300. The lowest BCUT2D eigenvalue weighted by molar-refractivity contribution is -0.122. The molecule has 0 bridgehead atoms. The van der Waals surface area contributed by atoms with Crippen molar-refractivity contribution in [1.29, 1.82) is 0 Å². The lowest BCUT2D eigenvalue weighted by Gasteiger charge is -2.29. The second-order valence-electron chi connectivity index (χ2n) is 3.39. The zero-order chi connectivity index (χ0) is 10.8. The van der Waals surface area contributed by atoms with Gasteiger partial charge in [0.1, 0.15) is 11.6 Å². The van der Waals surface area contributed by atoms with E-state index >= 15 is 0 Å². The summed E-state index contributed by atoms with van der Waals surface area (Å²) < 4.78 is 26.2. The molecule has 0 spiro atoms. The summed E-state index contributed by atoms with van der Waals surface area (Å²) >= 11 is 0. The van der Waals surface area contributed by atoms with Gasteiger partial charge in [-0.1, -0.05) is 0 Å². The van der Waals surface area contributed by atoms with Gasteiger partial charge in [0.05, 0.1) is 5.69 Å². The van der Waals surface area contributed by atoms with E-state index in [2.05, 4.69) is 5.43 Å². The number of carbonyl (C=O) groups excluding carboxylic acids is 1. The Labute approximate surface area is 85.7 Å². The molecular weight excluding hydrogens is 202 g/mol. The standard InChI is InChI=1S/C10H10F2N2O/c11-7-3-4-8(12)9(6-7)14-5-1-2-10(15)13-14/h3-4,6H,1-2,5H2,(H,13,15). The molecule has 3 nitrogen and oxygen atoms in total. The highest BCUT2D eigenvalue weighted by Gasteiger charge is 2.19. The minimum atomic E-state index is -0.543. The van der Waals surface area contributed by atoms with Crippen molar-refractivity contribution < 1.29 is 13.6 Å². The summed E-state index contributed by atoms with van der Waals surface area (Å²) in [7, 11) is 0. The SMILES string of the molecule is O=C1CCCN(c2cc(F)ccc2F)N1. The summed E-state index contributed by atoms with van der Waals surface area (Å²) in [4.78, 5) is 11.1. The van der Waals surface area contributed by atoms with Gasteiger partial charge in [0, 0.05) is 19.0 Å². The monoisotopic (exact) mass is 212 g/mol. The minimum Gasteiger partial charge on any atom is -0.282 e. The Morgan fingerprint density at radius 2 is 2.13 bits per heavy atom. The number of nitrogens with one attached hydrogen (secondary N) is 1. The molecule has 0 atom stereocenters. The molecule has 1 amide bonds. The third kappa shape index (κ3) is 2.06. The molecule has 1 aromatic rings. The molecule has 0 aromatic heterocycles. The van der Waals surface area contributed by atoms with E-state index in [4.69, 9.17) is 0 Å². The van der Waals surface area contributed by atoms with Crippen LogP contribution in [0.2, 0.25) is 0 Å². The van der Waals surface area contributed by atoms with Crippen LogP contribution in [0.1, 0.15) is 12.8 Å². The molecule has 0 aliphatic carbocycles. The van der Waals surface area contributed by atoms with Gasteiger partial charge in [-0.25, -0.2) is 8.78 Å². The Bertz CT molecular complexity index is 395. The van der Waals surface area contributed by atoms with Gasteiger partial charge < -0.3 is 0 Å². The highest BCUT2D eigenvalue weighted by molar-refractivity contribution is 5.79. The van der Waals surface area contributed by atoms with E-state index in [9.17, 15) is 13.6 Å². The van der Waals surface area contributed by atoms with Crippen LogP contribution in [0.25, 0.3) is 0 Å². The Morgan fingerprint density at radius 1 is 1.33 bits per heavy atom. The van der Waals surface area contributed by atoms with Gasteiger partial charge in [-0.05, 0) is 18.6 Å². The van der Waals surface area contributed by atoms with Gasteiger partial charge in [0.25, 0.3) is 0 Å². The van der Waals surface area contributed by atoms with E-state index in [-0.39, 0.29) is 11.6 Å². The predicted octanol–water partition coefficient (Wildman–Crippen LogP) is 1.60. The van der Waals surface area contributed by atoms with Crippen LogP contribution < -0.4 is 10.4 Å². The number of rotatable bonds is 1. The third-order valence-corrected chi connectivity index (χ3v) is 2.24. The normalized spacial score (nSPS) is 16.4. The lowest BCUT2D eigenvalue weighted by atomic mass is 10.2. The number of carbonyl (C=O) groups is 1. The summed E-state index contributed by atoms with van der Waals surface area (Å²) in [6, 6.07) is 3.16. The van der Waals surface area contributed by atoms with Crippen LogP contribution in [0.3, 0.4) is 0 Å². The second kappa shape index (κ2) is 3.84. The van der Waals surface area contributed by atoms with Gasteiger partial charge in [-0.15, -0.1) is 0 Å². The summed E-state index contributed by atoms with van der Waals surface area (Å²) in [5.74, 6) is -1.24. The molecule has 15 heavy (non-hydrogen) atoms. The quantitative estimate of drug-likeness (QED) is 0.766. The molecule has 1 aliphatic rings. The number of benzene rings is 1. The average molecular weight is 212 g/mol. The van der Waals surface area contributed by atoms with Crippen LogP contribution in [0.15, 0.2) is 18.2 Å². The van der Waals surface area contributed by atoms with Gasteiger partial charge in [-0.3, -0.25) is 15.2 Å². The predicted molar refractivity (Wildman–Crippen MR) is 51.1 cm³/mol. The molecule has 2 rings (SSSR count). The highest BCUT2D eigenvalue weighted by Crippen LogP contribution is 2.20. The molecule has 1 heterocycles. The molecule has 1 saturated heterocycles. The molecule has 1 aliphatic heterocycles. The molecule has 0 radical (unpaired) electrons. The van der Waals surface area contributed by atoms with E-state index in [1.165, 1.54) is 5.01 Å². The summed E-state index contributed by atoms with van der Waals surface area (Å²) in [5.41, 5.74) is 2.56. The Hall–Kier alpha value is -1.65. The van der Waals surface area contributed by atoms with E-state index in [1.807, 2.05) is 0 Å². The molecule has 80 valence electrons. The van der Waals surface area contributed by atoms with Crippen LogP contribution in [0.5, 0.6) is 0 Å². The van der Waals surface area contributed by atoms with Crippen molar-refractivity contribution in [3.8, 4) is 0 Å². The largest absolute Gasteiger partial charge is 0.282 e. The highest BCUT2D eigenvalue weighted by atomic mass is 19.1. The van der Waals surface area contributed by atoms with Crippen LogP contribution in [-0.4, -0.2) is 12.5 Å². The van der Waals surface area contributed by atoms with Crippen molar-refractivity contribution in [1.82, 2.24) is 5.43 Å². The lowest BCUT2D eigenvalue weighted by Crippen LogP contribution is -2.47. The van der Waals surface area contributed by atoms with E-state index in [0.29, 0.717) is 19.4 Å². The van der Waals surface area contributed by atoms with Crippen molar-refractivity contribution in [3.63, 3.8) is 0 Å². The number of hydrogen-bond acceptors (Lipinski definition) is 2. The third-order valence-electron chi connectivity index (χ3n) is 2.24. The van der Waals surface area contributed by atoms with Crippen LogP contribution in [0, 0.1) is 11.6 Å². The minimum absolute atomic E-state index is 0.0723.